The molecule has 0 bridgehead atoms. The van der Waals surface area contributed by atoms with E-state index in [-0.39, 0.29) is 10.8 Å². The lowest BCUT2D eigenvalue weighted by Gasteiger charge is -2.13. The van der Waals surface area contributed by atoms with E-state index < -0.39 is 10.0 Å². The van der Waals surface area contributed by atoms with Crippen molar-refractivity contribution in [2.24, 2.45) is 7.05 Å². The second-order valence-electron chi connectivity index (χ2n) is 7.67. The first-order valence-electron chi connectivity index (χ1n) is 9.88. The Balaban J connectivity index is 1.64. The average molecular weight is 479 g/mol. The fourth-order valence-corrected chi connectivity index (χ4v) is 6.03. The minimum Gasteiger partial charge on any atom is -0.347 e. The van der Waals surface area contributed by atoms with E-state index in [9.17, 15) is 13.2 Å². The highest BCUT2D eigenvalue weighted by molar-refractivity contribution is 7.92. The monoisotopic (exact) mass is 478 g/mol. The van der Waals surface area contributed by atoms with Crippen molar-refractivity contribution in [2.45, 2.75) is 31.6 Å². The second-order valence-corrected chi connectivity index (χ2v) is 10.8. The number of thiazole rings is 1. The quantitative estimate of drug-likeness (QED) is 0.586. The maximum Gasteiger partial charge on any atom is 0.265 e. The van der Waals surface area contributed by atoms with Gasteiger partial charge in [-0.3, -0.25) is 9.52 Å². The van der Waals surface area contributed by atoms with E-state index in [2.05, 4.69) is 9.71 Å². The molecule has 1 aliphatic rings. The van der Waals surface area contributed by atoms with Crippen molar-refractivity contribution in [2.75, 3.05) is 17.8 Å². The SMILES string of the molecule is Cc1ccc(Cl)cc1NS(=O)(=O)c1cc(-c2nc(C)c(C(=O)N3CCCC3)s2)n(C)c1. The highest BCUT2D eigenvalue weighted by Crippen LogP contribution is 2.32. The molecule has 1 aliphatic heterocycles. The molecular formula is C21H23ClN4O3S2. The predicted octanol–water partition coefficient (Wildman–Crippen LogP) is 4.46. The molecular weight excluding hydrogens is 456 g/mol. The van der Waals surface area contributed by atoms with Crippen LogP contribution in [0.25, 0.3) is 10.7 Å². The first-order valence-corrected chi connectivity index (χ1v) is 12.6. The summed E-state index contributed by atoms with van der Waals surface area (Å²) < 4.78 is 30.3. The number of halogens is 1. The van der Waals surface area contributed by atoms with Gasteiger partial charge in [0.2, 0.25) is 0 Å². The Morgan fingerprint density at radius 3 is 2.61 bits per heavy atom. The van der Waals surface area contributed by atoms with Gasteiger partial charge in [0.15, 0.2) is 0 Å². The number of hydrogen-bond donors (Lipinski definition) is 1. The van der Waals surface area contributed by atoms with Crippen LogP contribution >= 0.6 is 22.9 Å². The molecule has 164 valence electrons. The summed E-state index contributed by atoms with van der Waals surface area (Å²) in [6.45, 7) is 5.16. The Hall–Kier alpha value is -2.36. The van der Waals surface area contributed by atoms with E-state index in [4.69, 9.17) is 11.6 Å². The van der Waals surface area contributed by atoms with Crippen molar-refractivity contribution in [1.29, 1.82) is 0 Å². The Kier molecular flexibility index (Phi) is 5.85. The van der Waals surface area contributed by atoms with Crippen molar-refractivity contribution in [3.8, 4) is 10.7 Å². The molecule has 10 heteroatoms. The van der Waals surface area contributed by atoms with Crippen molar-refractivity contribution in [1.82, 2.24) is 14.5 Å². The van der Waals surface area contributed by atoms with Gasteiger partial charge in [0.1, 0.15) is 14.8 Å². The third-order valence-electron chi connectivity index (χ3n) is 5.34. The molecule has 31 heavy (non-hydrogen) atoms. The highest BCUT2D eigenvalue weighted by atomic mass is 35.5. The number of aryl methyl sites for hydroxylation is 3. The molecule has 0 saturated carbocycles. The molecule has 1 aromatic carbocycles. The zero-order chi connectivity index (χ0) is 22.3. The van der Waals surface area contributed by atoms with Crippen LogP contribution in [0.5, 0.6) is 0 Å². The number of carbonyl (C=O) groups excluding carboxylic acids is 1. The molecule has 0 radical (unpaired) electrons. The normalized spacial score (nSPS) is 14.3. The van der Waals surface area contributed by atoms with E-state index in [1.807, 2.05) is 18.7 Å². The minimum absolute atomic E-state index is 0.00102. The minimum atomic E-state index is -3.82. The summed E-state index contributed by atoms with van der Waals surface area (Å²) in [5.41, 5.74) is 2.50. The first kappa shape index (κ1) is 21.9. The molecule has 3 heterocycles. The molecule has 1 N–H and O–H groups in total. The Labute approximate surface area is 190 Å². The van der Waals surface area contributed by atoms with E-state index in [1.54, 1.807) is 35.9 Å². The van der Waals surface area contributed by atoms with Gasteiger partial charge in [-0.05, 0) is 50.5 Å². The van der Waals surface area contributed by atoms with Gasteiger partial charge in [-0.2, -0.15) is 0 Å². The van der Waals surface area contributed by atoms with E-state index in [0.29, 0.717) is 32.0 Å². The lowest BCUT2D eigenvalue weighted by Crippen LogP contribution is -2.27. The second kappa shape index (κ2) is 8.29. The van der Waals surface area contributed by atoms with Crippen LogP contribution in [0.15, 0.2) is 35.4 Å². The maximum absolute atomic E-state index is 13.0. The van der Waals surface area contributed by atoms with Gasteiger partial charge in [-0.25, -0.2) is 13.4 Å². The van der Waals surface area contributed by atoms with Gasteiger partial charge in [0.05, 0.1) is 17.1 Å². The number of sulfonamides is 1. The first-order chi connectivity index (χ1) is 14.7. The fraction of sp³-hybridized carbons (Fsp3) is 0.333. The smallest absolute Gasteiger partial charge is 0.265 e. The molecule has 7 nitrogen and oxygen atoms in total. The third-order valence-corrected chi connectivity index (χ3v) is 8.07. The van der Waals surface area contributed by atoms with Crippen molar-refractivity contribution >= 4 is 44.6 Å². The fourth-order valence-electron chi connectivity index (χ4n) is 3.57. The summed E-state index contributed by atoms with van der Waals surface area (Å²) in [4.78, 5) is 19.9. The molecule has 1 amide bonds. The number of rotatable bonds is 5. The number of benzene rings is 1. The van der Waals surface area contributed by atoms with E-state index in [0.717, 1.165) is 31.5 Å². The summed E-state index contributed by atoms with van der Waals surface area (Å²) in [5, 5.41) is 1.06. The summed E-state index contributed by atoms with van der Waals surface area (Å²) in [6, 6.07) is 6.62. The van der Waals surface area contributed by atoms with E-state index in [1.165, 1.54) is 17.5 Å². The van der Waals surface area contributed by atoms with Gasteiger partial charge in [-0.1, -0.05) is 17.7 Å². The zero-order valence-corrected chi connectivity index (χ0v) is 19.9. The topological polar surface area (TPSA) is 84.3 Å². The van der Waals surface area contributed by atoms with Gasteiger partial charge in [-0.15, -0.1) is 11.3 Å². The van der Waals surface area contributed by atoms with Gasteiger partial charge < -0.3 is 9.47 Å². The van der Waals surface area contributed by atoms with Crippen LogP contribution in [0.1, 0.15) is 33.8 Å². The molecule has 0 spiro atoms. The predicted molar refractivity (Wildman–Crippen MR) is 123 cm³/mol. The Morgan fingerprint density at radius 1 is 1.19 bits per heavy atom. The average Bonchev–Trinajstić information content (AvgIpc) is 3.44. The molecule has 4 rings (SSSR count). The summed E-state index contributed by atoms with van der Waals surface area (Å²) in [5.74, 6) is -0.00102. The zero-order valence-electron chi connectivity index (χ0n) is 17.5. The van der Waals surface area contributed by atoms with E-state index >= 15 is 0 Å². The number of amides is 1. The van der Waals surface area contributed by atoms with Crippen molar-refractivity contribution < 1.29 is 13.2 Å². The molecule has 0 unspecified atom stereocenters. The maximum atomic E-state index is 13.0. The number of carbonyl (C=O) groups is 1. The van der Waals surface area contributed by atoms with Crippen LogP contribution in [0.4, 0.5) is 5.69 Å². The molecule has 1 saturated heterocycles. The largest absolute Gasteiger partial charge is 0.347 e. The van der Waals surface area contributed by atoms with Crippen LogP contribution in [-0.4, -0.2) is 41.9 Å². The number of aromatic nitrogens is 2. The molecule has 1 fully saturated rings. The number of hydrogen-bond acceptors (Lipinski definition) is 5. The summed E-state index contributed by atoms with van der Waals surface area (Å²) >= 11 is 7.31. The summed E-state index contributed by atoms with van der Waals surface area (Å²) in [6.07, 6.45) is 3.58. The van der Waals surface area contributed by atoms with Gasteiger partial charge in [0.25, 0.3) is 15.9 Å². The van der Waals surface area contributed by atoms with Crippen LogP contribution in [0.3, 0.4) is 0 Å². The van der Waals surface area contributed by atoms with Crippen LogP contribution in [0.2, 0.25) is 5.02 Å². The van der Waals surface area contributed by atoms with Crippen molar-refractivity contribution in [3.05, 3.63) is 51.6 Å². The number of nitrogens with zero attached hydrogens (tertiary/aromatic N) is 3. The van der Waals surface area contributed by atoms with Crippen molar-refractivity contribution in [3.63, 3.8) is 0 Å². The van der Waals surface area contributed by atoms with Crippen LogP contribution in [-0.2, 0) is 17.1 Å². The molecule has 3 aromatic rings. The van der Waals surface area contributed by atoms with Crippen LogP contribution in [0, 0.1) is 13.8 Å². The highest BCUT2D eigenvalue weighted by Gasteiger charge is 2.26. The Bertz CT molecular complexity index is 1260. The number of likely N-dealkylation sites (tertiary alicyclic amines) is 1. The van der Waals surface area contributed by atoms with Crippen LogP contribution < -0.4 is 4.72 Å². The number of nitrogens with one attached hydrogen (secondary N) is 1. The number of anilines is 1. The lowest BCUT2D eigenvalue weighted by molar-refractivity contribution is 0.0796. The summed E-state index contributed by atoms with van der Waals surface area (Å²) in [7, 11) is -2.06. The van der Waals surface area contributed by atoms with Gasteiger partial charge in [0, 0.05) is 31.4 Å². The molecule has 2 aromatic heterocycles. The Morgan fingerprint density at radius 2 is 1.90 bits per heavy atom. The van der Waals surface area contributed by atoms with Gasteiger partial charge >= 0.3 is 0 Å². The third kappa shape index (κ3) is 4.35. The lowest BCUT2D eigenvalue weighted by atomic mass is 10.2. The molecule has 0 atom stereocenters. The molecule has 0 aliphatic carbocycles. The standard InChI is InChI=1S/C21H23ClN4O3S2/c1-13-6-7-15(22)10-17(13)24-31(28,29)16-11-18(25(3)12-16)20-23-14(2)19(30-20)21(27)26-8-4-5-9-26/h6-7,10-12,24H,4-5,8-9H2,1-3H3.